The van der Waals surface area contributed by atoms with Crippen LogP contribution in [0.25, 0.3) is 0 Å². The van der Waals surface area contributed by atoms with Gasteiger partial charge in [0.15, 0.2) is 0 Å². The number of pyridine rings is 1. The van der Waals surface area contributed by atoms with E-state index < -0.39 is 17.3 Å². The van der Waals surface area contributed by atoms with E-state index in [4.69, 9.17) is 5.11 Å². The number of carboxylic acids is 1. The normalized spacial score (nSPS) is 11.1. The van der Waals surface area contributed by atoms with Crippen molar-refractivity contribution in [1.29, 1.82) is 0 Å². The van der Waals surface area contributed by atoms with Gasteiger partial charge in [-0.15, -0.1) is 0 Å². The van der Waals surface area contributed by atoms with Gasteiger partial charge in [0.1, 0.15) is 11.2 Å². The molecule has 0 unspecified atom stereocenters. The van der Waals surface area contributed by atoms with Gasteiger partial charge in [0, 0.05) is 10.7 Å². The molecule has 0 saturated heterocycles. The maximum atomic E-state index is 11.8. The summed E-state index contributed by atoms with van der Waals surface area (Å²) in [6.45, 7) is 4.47. The number of amides is 1. The molecule has 2 N–H and O–H groups in total. The highest BCUT2D eigenvalue weighted by molar-refractivity contribution is 9.10. The lowest BCUT2D eigenvalue weighted by atomic mass is 9.92. The van der Waals surface area contributed by atoms with Gasteiger partial charge in [0.05, 0.1) is 0 Å². The molecule has 5 nitrogen and oxygen atoms in total. The Kier molecular flexibility index (Phi) is 3.87. The first kappa shape index (κ1) is 13.6. The molecule has 0 radical (unpaired) electrons. The van der Waals surface area contributed by atoms with Gasteiger partial charge in [-0.2, -0.15) is 0 Å². The zero-order chi connectivity index (χ0) is 13.2. The first-order chi connectivity index (χ1) is 7.75. The molecule has 1 rings (SSSR count). The average molecular weight is 301 g/mol. The largest absolute Gasteiger partial charge is 0.480 e. The summed E-state index contributed by atoms with van der Waals surface area (Å²) in [6, 6.07) is 1.79. The Morgan fingerprint density at radius 3 is 2.53 bits per heavy atom. The zero-order valence-corrected chi connectivity index (χ0v) is 11.3. The maximum Gasteiger partial charge on any atom is 0.318 e. The number of carbonyl (C=O) groups excluding carboxylic acids is 1. The maximum absolute atomic E-state index is 11.8. The van der Waals surface area contributed by atoms with Crippen LogP contribution in [-0.4, -0.2) is 22.0 Å². The van der Waals surface area contributed by atoms with Gasteiger partial charge in [-0.05, 0) is 48.3 Å². The highest BCUT2D eigenvalue weighted by Crippen LogP contribution is 2.21. The zero-order valence-electron chi connectivity index (χ0n) is 9.74. The SMILES string of the molecule is Cc1cc(Br)cnc1NC(=O)C(C)(C)C(=O)O. The lowest BCUT2D eigenvalue weighted by molar-refractivity contribution is -0.151. The second-order valence-electron chi connectivity index (χ2n) is 4.20. The Bertz CT molecular complexity index is 472. The number of nitrogens with zero attached hydrogens (tertiary/aromatic N) is 1. The van der Waals surface area contributed by atoms with Crippen LogP contribution in [0, 0.1) is 12.3 Å². The molecule has 0 fully saturated rings. The molecule has 0 bridgehead atoms. The van der Waals surface area contributed by atoms with E-state index in [0.29, 0.717) is 5.82 Å². The number of halogens is 1. The number of hydrogen-bond acceptors (Lipinski definition) is 3. The molecular formula is C11H13BrN2O3. The fourth-order valence-electron chi connectivity index (χ4n) is 1.03. The van der Waals surface area contributed by atoms with E-state index in [9.17, 15) is 9.59 Å². The van der Waals surface area contributed by atoms with Crippen molar-refractivity contribution in [2.24, 2.45) is 5.41 Å². The van der Waals surface area contributed by atoms with Crippen molar-refractivity contribution in [2.45, 2.75) is 20.8 Å². The minimum absolute atomic E-state index is 0.368. The quantitative estimate of drug-likeness (QED) is 0.839. The molecule has 1 heterocycles. The smallest absolute Gasteiger partial charge is 0.318 e. The van der Waals surface area contributed by atoms with Crippen LogP contribution in [0.2, 0.25) is 0 Å². The number of hydrogen-bond donors (Lipinski definition) is 2. The van der Waals surface area contributed by atoms with Gasteiger partial charge in [-0.25, -0.2) is 4.98 Å². The highest BCUT2D eigenvalue weighted by atomic mass is 79.9. The third-order valence-corrected chi connectivity index (χ3v) is 2.81. The third-order valence-electron chi connectivity index (χ3n) is 2.38. The van der Waals surface area contributed by atoms with Crippen LogP contribution in [0.4, 0.5) is 5.82 Å². The summed E-state index contributed by atoms with van der Waals surface area (Å²) in [5.74, 6) is -1.40. The Morgan fingerprint density at radius 1 is 1.47 bits per heavy atom. The number of aromatic nitrogens is 1. The first-order valence-corrected chi connectivity index (χ1v) is 5.71. The predicted octanol–water partition coefficient (Wildman–Crippen LogP) is 2.20. The molecule has 0 saturated carbocycles. The van der Waals surface area contributed by atoms with Gasteiger partial charge in [0.25, 0.3) is 0 Å². The van der Waals surface area contributed by atoms with Crippen molar-refractivity contribution >= 4 is 33.6 Å². The molecule has 6 heteroatoms. The van der Waals surface area contributed by atoms with Gasteiger partial charge in [0.2, 0.25) is 5.91 Å². The van der Waals surface area contributed by atoms with Gasteiger partial charge in [-0.3, -0.25) is 9.59 Å². The minimum atomic E-state index is -1.48. The van der Waals surface area contributed by atoms with Gasteiger partial charge >= 0.3 is 5.97 Å². The molecule has 1 aromatic heterocycles. The molecule has 17 heavy (non-hydrogen) atoms. The summed E-state index contributed by atoms with van der Waals surface area (Å²) in [4.78, 5) is 26.7. The van der Waals surface area contributed by atoms with Crippen molar-refractivity contribution in [1.82, 2.24) is 4.98 Å². The number of aryl methyl sites for hydroxylation is 1. The minimum Gasteiger partial charge on any atom is -0.480 e. The number of carboxylic acid groups (broad SMARTS) is 1. The van der Waals surface area contributed by atoms with Crippen molar-refractivity contribution in [3.8, 4) is 0 Å². The number of aliphatic carboxylic acids is 1. The Balaban J connectivity index is 2.92. The average Bonchev–Trinajstić information content (AvgIpc) is 2.21. The fourth-order valence-corrected chi connectivity index (χ4v) is 1.48. The fraction of sp³-hybridized carbons (Fsp3) is 0.364. The lowest BCUT2D eigenvalue weighted by Gasteiger charge is -2.18. The standard InChI is InChI=1S/C11H13BrN2O3/c1-6-4-7(12)5-13-8(6)14-9(15)11(2,3)10(16)17/h4-5H,1-3H3,(H,16,17)(H,13,14,15). The summed E-state index contributed by atoms with van der Waals surface area (Å²) in [5, 5.41) is 11.4. The van der Waals surface area contributed by atoms with E-state index in [2.05, 4.69) is 26.2 Å². The van der Waals surface area contributed by atoms with Crippen LogP contribution >= 0.6 is 15.9 Å². The number of rotatable bonds is 3. The van der Waals surface area contributed by atoms with Crippen molar-refractivity contribution in [3.63, 3.8) is 0 Å². The van der Waals surface area contributed by atoms with E-state index in [0.717, 1.165) is 10.0 Å². The summed E-state index contributed by atoms with van der Waals surface area (Å²) in [7, 11) is 0. The van der Waals surface area contributed by atoms with Crippen molar-refractivity contribution < 1.29 is 14.7 Å². The van der Waals surface area contributed by atoms with Crippen LogP contribution < -0.4 is 5.32 Å². The topological polar surface area (TPSA) is 79.3 Å². The molecule has 0 aliphatic rings. The Morgan fingerprint density at radius 2 is 2.06 bits per heavy atom. The summed E-state index contributed by atoms with van der Waals surface area (Å²) < 4.78 is 0.797. The second-order valence-corrected chi connectivity index (χ2v) is 5.12. The van der Waals surface area contributed by atoms with Crippen LogP contribution in [0.1, 0.15) is 19.4 Å². The van der Waals surface area contributed by atoms with Crippen molar-refractivity contribution in [3.05, 3.63) is 22.3 Å². The summed E-state index contributed by atoms with van der Waals surface area (Å²) >= 11 is 3.26. The number of carbonyl (C=O) groups is 2. The molecular weight excluding hydrogens is 288 g/mol. The van der Waals surface area contributed by atoms with E-state index in [1.54, 1.807) is 13.0 Å². The Hall–Kier alpha value is -1.43. The molecule has 1 amide bonds. The first-order valence-electron chi connectivity index (χ1n) is 4.92. The summed E-state index contributed by atoms with van der Waals surface area (Å²) in [6.07, 6.45) is 1.54. The summed E-state index contributed by atoms with van der Waals surface area (Å²) in [5.41, 5.74) is -0.727. The number of anilines is 1. The van der Waals surface area contributed by atoms with Crippen LogP contribution in [-0.2, 0) is 9.59 Å². The van der Waals surface area contributed by atoms with Crippen LogP contribution in [0.3, 0.4) is 0 Å². The third kappa shape index (κ3) is 3.03. The van der Waals surface area contributed by atoms with Gasteiger partial charge < -0.3 is 10.4 Å². The van der Waals surface area contributed by atoms with Crippen molar-refractivity contribution in [2.75, 3.05) is 5.32 Å². The van der Waals surface area contributed by atoms with Gasteiger partial charge in [-0.1, -0.05) is 0 Å². The molecule has 0 atom stereocenters. The van der Waals surface area contributed by atoms with Crippen LogP contribution in [0.15, 0.2) is 16.7 Å². The molecule has 0 aromatic carbocycles. The monoisotopic (exact) mass is 300 g/mol. The molecule has 0 aliphatic heterocycles. The van der Waals surface area contributed by atoms with Crippen LogP contribution in [0.5, 0.6) is 0 Å². The predicted molar refractivity (Wildman–Crippen MR) is 66.7 cm³/mol. The molecule has 0 aliphatic carbocycles. The highest BCUT2D eigenvalue weighted by Gasteiger charge is 2.36. The van der Waals surface area contributed by atoms with E-state index in [1.165, 1.54) is 20.0 Å². The van der Waals surface area contributed by atoms with E-state index in [1.807, 2.05) is 0 Å². The molecule has 1 aromatic rings. The van der Waals surface area contributed by atoms with E-state index >= 15 is 0 Å². The van der Waals surface area contributed by atoms with E-state index in [-0.39, 0.29) is 0 Å². The molecule has 92 valence electrons. The molecule has 0 spiro atoms. The number of nitrogens with one attached hydrogen (secondary N) is 1. The Labute approximate surface area is 107 Å². The lowest BCUT2D eigenvalue weighted by Crippen LogP contribution is -2.38. The second kappa shape index (κ2) is 4.83.